The number of nitrogens with one attached hydrogen (secondary N) is 1. The van der Waals surface area contributed by atoms with E-state index in [4.69, 9.17) is 11.6 Å². The molecule has 1 aromatic carbocycles. The van der Waals surface area contributed by atoms with Crippen LogP contribution >= 0.6 is 11.6 Å². The molecule has 1 aromatic heterocycles. The number of hydrogen-bond acceptors (Lipinski definition) is 5. The second-order valence-corrected chi connectivity index (χ2v) is 9.47. The maximum atomic E-state index is 12.4. The van der Waals surface area contributed by atoms with Crippen LogP contribution in [0.4, 0.5) is 0 Å². The van der Waals surface area contributed by atoms with Crippen molar-refractivity contribution in [1.82, 2.24) is 19.7 Å². The zero-order valence-corrected chi connectivity index (χ0v) is 16.9. The summed E-state index contributed by atoms with van der Waals surface area (Å²) >= 11 is 6.00. The molecular weight excluding hydrogens is 376 g/mol. The van der Waals surface area contributed by atoms with Crippen LogP contribution in [0.5, 0.6) is 0 Å². The number of amides is 1. The number of benzene rings is 1. The Morgan fingerprint density at radius 1 is 1.31 bits per heavy atom. The van der Waals surface area contributed by atoms with E-state index in [1.807, 2.05) is 27.7 Å². The molecule has 0 saturated carbocycles. The first-order valence-electron chi connectivity index (χ1n) is 8.28. The first-order chi connectivity index (χ1) is 12.0. The molecule has 1 amide bonds. The van der Waals surface area contributed by atoms with Gasteiger partial charge >= 0.3 is 0 Å². The highest BCUT2D eigenvalue weighted by atomic mass is 35.5. The minimum Gasteiger partial charge on any atom is -0.266 e. The van der Waals surface area contributed by atoms with E-state index in [2.05, 4.69) is 15.0 Å². The second kappa shape index (κ2) is 7.75. The van der Waals surface area contributed by atoms with E-state index < -0.39 is 15.9 Å². The van der Waals surface area contributed by atoms with Crippen LogP contribution in [0.15, 0.2) is 24.3 Å². The summed E-state index contributed by atoms with van der Waals surface area (Å²) in [6.07, 6.45) is 0.885. The fourth-order valence-corrected chi connectivity index (χ4v) is 3.84. The van der Waals surface area contributed by atoms with Gasteiger partial charge < -0.3 is 0 Å². The van der Waals surface area contributed by atoms with Crippen molar-refractivity contribution in [3.05, 3.63) is 40.7 Å². The molecule has 2 rings (SSSR count). The van der Waals surface area contributed by atoms with Crippen LogP contribution in [0.3, 0.4) is 0 Å². The fraction of sp³-hybridized carbons (Fsp3) is 0.471. The summed E-state index contributed by atoms with van der Waals surface area (Å²) in [7, 11) is -3.75. The van der Waals surface area contributed by atoms with Gasteiger partial charge in [0.15, 0.2) is 5.69 Å². The smallest absolute Gasteiger partial charge is 0.266 e. The molecule has 0 aliphatic rings. The van der Waals surface area contributed by atoms with E-state index in [1.54, 1.807) is 24.3 Å². The average Bonchev–Trinajstić information content (AvgIpc) is 2.96. The standard InChI is InChI=1S/C17H23ClN4O3S/c1-5-14-15(16(23)20-26(24,25)10-9-17(2,3)4)19-21-22(14)13-8-6-7-12(18)11-13/h6-8,11H,5,9-10H2,1-4H3,(H,20,23). The van der Waals surface area contributed by atoms with Crippen molar-refractivity contribution in [2.24, 2.45) is 5.41 Å². The highest BCUT2D eigenvalue weighted by Gasteiger charge is 2.25. The normalized spacial score (nSPS) is 12.2. The Bertz CT molecular complexity index is 901. The quantitative estimate of drug-likeness (QED) is 0.807. The Hall–Kier alpha value is -1.93. The lowest BCUT2D eigenvalue weighted by Gasteiger charge is -2.17. The van der Waals surface area contributed by atoms with Gasteiger partial charge in [-0.25, -0.2) is 17.8 Å². The van der Waals surface area contributed by atoms with Gasteiger partial charge in [0.25, 0.3) is 5.91 Å². The Morgan fingerprint density at radius 3 is 2.58 bits per heavy atom. The van der Waals surface area contributed by atoms with Crippen molar-refractivity contribution < 1.29 is 13.2 Å². The summed E-state index contributed by atoms with van der Waals surface area (Å²) in [5, 5.41) is 8.39. The van der Waals surface area contributed by atoms with Crippen molar-refractivity contribution in [3.8, 4) is 5.69 Å². The van der Waals surface area contributed by atoms with Gasteiger partial charge in [-0.05, 0) is 36.5 Å². The van der Waals surface area contributed by atoms with Crippen molar-refractivity contribution in [2.45, 2.75) is 40.5 Å². The Morgan fingerprint density at radius 2 is 2.00 bits per heavy atom. The third kappa shape index (κ3) is 5.28. The molecule has 0 spiro atoms. The van der Waals surface area contributed by atoms with Crippen LogP contribution in [0.1, 0.15) is 50.3 Å². The van der Waals surface area contributed by atoms with Gasteiger partial charge in [0, 0.05) is 5.02 Å². The zero-order valence-electron chi connectivity index (χ0n) is 15.3. The molecular formula is C17H23ClN4O3S. The molecule has 0 radical (unpaired) electrons. The highest BCUT2D eigenvalue weighted by molar-refractivity contribution is 7.90. The molecule has 9 heteroatoms. The van der Waals surface area contributed by atoms with Crippen LogP contribution in [0.2, 0.25) is 5.02 Å². The van der Waals surface area contributed by atoms with E-state index in [0.717, 1.165) is 0 Å². The van der Waals surface area contributed by atoms with Crippen molar-refractivity contribution in [2.75, 3.05) is 5.75 Å². The SMILES string of the molecule is CCc1c(C(=O)NS(=O)(=O)CCC(C)(C)C)nnn1-c1cccc(Cl)c1. The van der Waals surface area contributed by atoms with Gasteiger partial charge in [-0.1, -0.05) is 50.6 Å². The number of halogens is 1. The molecule has 0 atom stereocenters. The number of aromatic nitrogens is 3. The average molecular weight is 399 g/mol. The molecule has 2 aromatic rings. The lowest BCUT2D eigenvalue weighted by molar-refractivity contribution is 0.0975. The number of carbonyl (C=O) groups excluding carboxylic acids is 1. The summed E-state index contributed by atoms with van der Waals surface area (Å²) in [6.45, 7) is 7.66. The second-order valence-electron chi connectivity index (χ2n) is 7.19. The monoisotopic (exact) mass is 398 g/mol. The summed E-state index contributed by atoms with van der Waals surface area (Å²) in [6, 6.07) is 6.96. The maximum Gasteiger partial charge on any atom is 0.287 e. The summed E-state index contributed by atoms with van der Waals surface area (Å²) in [4.78, 5) is 12.4. The third-order valence-corrected chi connectivity index (χ3v) is 5.21. The van der Waals surface area contributed by atoms with Crippen LogP contribution in [-0.2, 0) is 16.4 Å². The van der Waals surface area contributed by atoms with Crippen molar-refractivity contribution in [3.63, 3.8) is 0 Å². The molecule has 0 unspecified atom stereocenters. The predicted octanol–water partition coefficient (Wildman–Crippen LogP) is 2.98. The maximum absolute atomic E-state index is 12.4. The van der Waals surface area contributed by atoms with Crippen LogP contribution in [0, 0.1) is 5.41 Å². The number of carbonyl (C=O) groups is 1. The number of nitrogens with zero attached hydrogens (tertiary/aromatic N) is 3. The molecule has 1 heterocycles. The van der Waals surface area contributed by atoms with E-state index in [9.17, 15) is 13.2 Å². The fourth-order valence-electron chi connectivity index (χ4n) is 2.29. The third-order valence-electron chi connectivity index (χ3n) is 3.73. The van der Waals surface area contributed by atoms with Gasteiger partial charge in [-0.2, -0.15) is 0 Å². The van der Waals surface area contributed by atoms with Gasteiger partial charge in [0.1, 0.15) is 0 Å². The van der Waals surface area contributed by atoms with E-state index >= 15 is 0 Å². The number of hydrogen-bond donors (Lipinski definition) is 1. The molecule has 0 fully saturated rings. The summed E-state index contributed by atoms with van der Waals surface area (Å²) in [5.41, 5.74) is 1.00. The lowest BCUT2D eigenvalue weighted by Crippen LogP contribution is -2.34. The van der Waals surface area contributed by atoms with Gasteiger partial charge in [-0.3, -0.25) is 4.79 Å². The molecule has 142 valence electrons. The Labute approximate surface area is 158 Å². The summed E-state index contributed by atoms with van der Waals surface area (Å²) in [5.74, 6) is -0.907. The largest absolute Gasteiger partial charge is 0.287 e. The minimum absolute atomic E-state index is 0.00758. The zero-order chi connectivity index (χ0) is 19.5. The summed E-state index contributed by atoms with van der Waals surface area (Å²) < 4.78 is 27.9. The van der Waals surface area contributed by atoms with E-state index in [-0.39, 0.29) is 16.9 Å². The minimum atomic E-state index is -3.75. The van der Waals surface area contributed by atoms with Gasteiger partial charge in [-0.15, -0.1) is 5.10 Å². The first-order valence-corrected chi connectivity index (χ1v) is 10.3. The van der Waals surface area contributed by atoms with Crippen LogP contribution < -0.4 is 4.72 Å². The molecule has 0 saturated heterocycles. The first kappa shape index (κ1) is 20.4. The van der Waals surface area contributed by atoms with E-state index in [0.29, 0.717) is 29.2 Å². The predicted molar refractivity (Wildman–Crippen MR) is 101 cm³/mol. The number of rotatable bonds is 6. The van der Waals surface area contributed by atoms with E-state index in [1.165, 1.54) is 4.68 Å². The van der Waals surface area contributed by atoms with Gasteiger partial charge in [0.05, 0.1) is 17.1 Å². The molecule has 0 aliphatic heterocycles. The highest BCUT2D eigenvalue weighted by Crippen LogP contribution is 2.20. The van der Waals surface area contributed by atoms with Crippen molar-refractivity contribution in [1.29, 1.82) is 0 Å². The molecule has 0 aliphatic carbocycles. The molecule has 1 N–H and O–H groups in total. The number of sulfonamides is 1. The molecule has 26 heavy (non-hydrogen) atoms. The van der Waals surface area contributed by atoms with Crippen LogP contribution in [-0.4, -0.2) is 35.1 Å². The lowest BCUT2D eigenvalue weighted by atomic mass is 9.94. The Balaban J connectivity index is 2.25. The topological polar surface area (TPSA) is 93.9 Å². The van der Waals surface area contributed by atoms with Crippen molar-refractivity contribution >= 4 is 27.5 Å². The van der Waals surface area contributed by atoms with Gasteiger partial charge in [0.2, 0.25) is 10.0 Å². The molecule has 0 bridgehead atoms. The van der Waals surface area contributed by atoms with Crippen LogP contribution in [0.25, 0.3) is 5.69 Å². The Kier molecular flexibility index (Phi) is 6.08. The molecule has 7 nitrogen and oxygen atoms in total.